The second-order valence-electron chi connectivity index (χ2n) is 5.61. The molecule has 130 valence electrons. The topological polar surface area (TPSA) is 95.0 Å². The lowest BCUT2D eigenvalue weighted by molar-refractivity contribution is -0.123. The molecule has 0 fully saturated rings. The van der Waals surface area contributed by atoms with Crippen molar-refractivity contribution in [1.29, 1.82) is 5.26 Å². The molecule has 0 aliphatic rings. The number of para-hydroxylation sites is 1. The van der Waals surface area contributed by atoms with Gasteiger partial charge in [0.05, 0.1) is 10.6 Å². The van der Waals surface area contributed by atoms with Crippen LogP contribution in [0.25, 0.3) is 10.9 Å². The van der Waals surface area contributed by atoms with E-state index in [4.69, 9.17) is 21.6 Å². The molecule has 1 heterocycles. The fourth-order valence-corrected chi connectivity index (χ4v) is 2.61. The second-order valence-corrected chi connectivity index (χ2v) is 6.02. The maximum atomic E-state index is 12.2. The molecular formula is C19H14ClN3O3. The highest BCUT2D eigenvalue weighted by Gasteiger charge is 2.20. The van der Waals surface area contributed by atoms with E-state index in [1.54, 1.807) is 12.1 Å². The summed E-state index contributed by atoms with van der Waals surface area (Å²) >= 11 is 5.93. The number of amides is 1. The van der Waals surface area contributed by atoms with Gasteiger partial charge in [-0.25, -0.2) is 4.79 Å². The zero-order chi connectivity index (χ0) is 18.7. The van der Waals surface area contributed by atoms with Crippen molar-refractivity contribution in [2.45, 2.75) is 13.0 Å². The van der Waals surface area contributed by atoms with Crippen molar-refractivity contribution in [2.75, 3.05) is 5.32 Å². The molecule has 1 atom stereocenters. The van der Waals surface area contributed by atoms with Gasteiger partial charge in [-0.3, -0.25) is 4.79 Å². The Morgan fingerprint density at radius 3 is 2.69 bits per heavy atom. The van der Waals surface area contributed by atoms with Crippen LogP contribution in [0.3, 0.4) is 0 Å². The molecule has 1 unspecified atom stereocenters. The Labute approximate surface area is 154 Å². The molecule has 0 spiro atoms. The first-order valence-corrected chi connectivity index (χ1v) is 8.15. The van der Waals surface area contributed by atoms with Crippen LogP contribution in [0.5, 0.6) is 0 Å². The molecule has 0 aliphatic heterocycles. The predicted octanol–water partition coefficient (Wildman–Crippen LogP) is 3.88. The van der Waals surface area contributed by atoms with E-state index in [1.165, 1.54) is 19.1 Å². The Morgan fingerprint density at radius 1 is 1.23 bits per heavy atom. The first-order chi connectivity index (χ1) is 12.5. The van der Waals surface area contributed by atoms with Crippen LogP contribution < -0.4 is 5.32 Å². The molecule has 1 amide bonds. The SMILES string of the molecule is CC(OC(=O)c1cc2ccccc2[nH]1)C(=O)Nc1ccc(C#N)c(Cl)c1. The second kappa shape index (κ2) is 7.30. The number of halogens is 1. The van der Waals surface area contributed by atoms with Gasteiger partial charge in [-0.1, -0.05) is 29.8 Å². The number of aromatic nitrogens is 1. The summed E-state index contributed by atoms with van der Waals surface area (Å²) in [5.41, 5.74) is 1.80. The number of nitrogens with one attached hydrogen (secondary N) is 2. The van der Waals surface area contributed by atoms with E-state index in [0.29, 0.717) is 11.3 Å². The van der Waals surface area contributed by atoms with Crippen LogP contribution in [-0.2, 0) is 9.53 Å². The van der Waals surface area contributed by atoms with Crippen LogP contribution >= 0.6 is 11.6 Å². The fraction of sp³-hybridized carbons (Fsp3) is 0.105. The van der Waals surface area contributed by atoms with Gasteiger partial charge in [0.2, 0.25) is 0 Å². The van der Waals surface area contributed by atoms with Gasteiger partial charge in [-0.2, -0.15) is 5.26 Å². The number of carbonyl (C=O) groups is 2. The largest absolute Gasteiger partial charge is 0.448 e. The molecule has 3 aromatic rings. The molecule has 26 heavy (non-hydrogen) atoms. The van der Waals surface area contributed by atoms with Gasteiger partial charge in [-0.05, 0) is 37.3 Å². The maximum Gasteiger partial charge on any atom is 0.355 e. The number of carbonyl (C=O) groups excluding carboxylic acids is 2. The highest BCUT2D eigenvalue weighted by molar-refractivity contribution is 6.32. The molecular weight excluding hydrogens is 354 g/mol. The Hall–Kier alpha value is -3.30. The number of rotatable bonds is 4. The van der Waals surface area contributed by atoms with Crippen LogP contribution in [0, 0.1) is 11.3 Å². The van der Waals surface area contributed by atoms with Gasteiger partial charge in [0.25, 0.3) is 5.91 Å². The van der Waals surface area contributed by atoms with Crippen molar-refractivity contribution in [1.82, 2.24) is 4.98 Å². The smallest absolute Gasteiger partial charge is 0.355 e. The maximum absolute atomic E-state index is 12.2. The number of aromatic amines is 1. The molecule has 0 saturated carbocycles. The van der Waals surface area contributed by atoms with E-state index in [1.807, 2.05) is 30.3 Å². The summed E-state index contributed by atoms with van der Waals surface area (Å²) in [5.74, 6) is -1.13. The fourth-order valence-electron chi connectivity index (χ4n) is 2.39. The molecule has 6 nitrogen and oxygen atoms in total. The van der Waals surface area contributed by atoms with Gasteiger partial charge < -0.3 is 15.0 Å². The van der Waals surface area contributed by atoms with Crippen molar-refractivity contribution in [3.05, 3.63) is 64.8 Å². The minimum Gasteiger partial charge on any atom is -0.448 e. The first-order valence-electron chi connectivity index (χ1n) is 7.77. The minimum atomic E-state index is -1.01. The third-order valence-electron chi connectivity index (χ3n) is 3.76. The number of benzene rings is 2. The zero-order valence-corrected chi connectivity index (χ0v) is 14.5. The molecule has 0 radical (unpaired) electrons. The Bertz CT molecular complexity index is 1000. The number of nitrogens with zero attached hydrogens (tertiary/aromatic N) is 1. The summed E-state index contributed by atoms with van der Waals surface area (Å²) in [6, 6.07) is 15.5. The molecule has 7 heteroatoms. The quantitative estimate of drug-likeness (QED) is 0.684. The number of H-pyrrole nitrogens is 1. The van der Waals surface area contributed by atoms with Gasteiger partial charge in [0.1, 0.15) is 11.8 Å². The Kier molecular flexibility index (Phi) is 4.92. The third-order valence-corrected chi connectivity index (χ3v) is 4.07. The molecule has 0 bridgehead atoms. The Balaban J connectivity index is 1.66. The Morgan fingerprint density at radius 2 is 2.00 bits per heavy atom. The number of fused-ring (bicyclic) bond motifs is 1. The monoisotopic (exact) mass is 367 g/mol. The number of ether oxygens (including phenoxy) is 1. The van der Waals surface area contributed by atoms with E-state index >= 15 is 0 Å². The molecule has 3 rings (SSSR count). The first kappa shape index (κ1) is 17.5. The van der Waals surface area contributed by atoms with Gasteiger partial charge >= 0.3 is 5.97 Å². The average Bonchev–Trinajstić information content (AvgIpc) is 3.06. The lowest BCUT2D eigenvalue weighted by Gasteiger charge is -2.13. The van der Waals surface area contributed by atoms with E-state index in [-0.39, 0.29) is 10.7 Å². The van der Waals surface area contributed by atoms with E-state index < -0.39 is 18.0 Å². The molecule has 2 aromatic carbocycles. The summed E-state index contributed by atoms with van der Waals surface area (Å²) in [6.45, 7) is 1.47. The third kappa shape index (κ3) is 3.68. The van der Waals surface area contributed by atoms with E-state index in [9.17, 15) is 9.59 Å². The van der Waals surface area contributed by atoms with Crippen molar-refractivity contribution < 1.29 is 14.3 Å². The minimum absolute atomic E-state index is 0.230. The number of esters is 1. The van der Waals surface area contributed by atoms with E-state index in [2.05, 4.69) is 10.3 Å². The zero-order valence-electron chi connectivity index (χ0n) is 13.7. The highest BCUT2D eigenvalue weighted by atomic mass is 35.5. The summed E-state index contributed by atoms with van der Waals surface area (Å²) in [6.07, 6.45) is -1.01. The number of nitriles is 1. The standard InChI is InChI=1S/C19H14ClN3O3/c1-11(18(24)22-14-7-6-13(10-21)15(20)9-14)26-19(25)17-8-12-4-2-3-5-16(12)23-17/h2-9,11,23H,1H3,(H,22,24). The van der Waals surface area contributed by atoms with Gasteiger partial charge in [-0.15, -0.1) is 0 Å². The molecule has 2 N–H and O–H groups in total. The average molecular weight is 368 g/mol. The normalized spacial score (nSPS) is 11.6. The van der Waals surface area contributed by atoms with Crippen molar-refractivity contribution in [3.8, 4) is 6.07 Å². The summed E-state index contributed by atoms with van der Waals surface area (Å²) < 4.78 is 5.21. The lowest BCUT2D eigenvalue weighted by Crippen LogP contribution is -2.30. The van der Waals surface area contributed by atoms with Crippen molar-refractivity contribution >= 4 is 40.1 Å². The van der Waals surface area contributed by atoms with Crippen molar-refractivity contribution in [3.63, 3.8) is 0 Å². The molecule has 0 saturated heterocycles. The van der Waals surface area contributed by atoms with Crippen LogP contribution in [-0.4, -0.2) is 23.0 Å². The summed E-state index contributed by atoms with van der Waals surface area (Å²) in [7, 11) is 0. The van der Waals surface area contributed by atoms with Crippen LogP contribution in [0.2, 0.25) is 5.02 Å². The number of anilines is 1. The highest BCUT2D eigenvalue weighted by Crippen LogP contribution is 2.21. The summed E-state index contributed by atoms with van der Waals surface area (Å²) in [5, 5.41) is 12.6. The van der Waals surface area contributed by atoms with Gasteiger partial charge in [0, 0.05) is 16.6 Å². The summed E-state index contributed by atoms with van der Waals surface area (Å²) in [4.78, 5) is 27.4. The van der Waals surface area contributed by atoms with Gasteiger partial charge in [0.15, 0.2) is 6.10 Å². The lowest BCUT2D eigenvalue weighted by atomic mass is 10.2. The van der Waals surface area contributed by atoms with Crippen LogP contribution in [0.15, 0.2) is 48.5 Å². The number of hydrogen-bond donors (Lipinski definition) is 2. The number of hydrogen-bond acceptors (Lipinski definition) is 4. The van der Waals surface area contributed by atoms with E-state index in [0.717, 1.165) is 10.9 Å². The predicted molar refractivity (Wildman–Crippen MR) is 98.0 cm³/mol. The van der Waals surface area contributed by atoms with Crippen molar-refractivity contribution in [2.24, 2.45) is 0 Å². The van der Waals surface area contributed by atoms with Crippen LogP contribution in [0.1, 0.15) is 23.0 Å². The van der Waals surface area contributed by atoms with Crippen LogP contribution in [0.4, 0.5) is 5.69 Å². The molecule has 1 aromatic heterocycles. The molecule has 0 aliphatic carbocycles.